The van der Waals surface area contributed by atoms with Crippen molar-refractivity contribution in [1.29, 1.82) is 0 Å². The fourth-order valence-corrected chi connectivity index (χ4v) is 4.98. The highest BCUT2D eigenvalue weighted by atomic mass is 15.2. The van der Waals surface area contributed by atoms with Gasteiger partial charge in [0.15, 0.2) is 0 Å². The van der Waals surface area contributed by atoms with Crippen LogP contribution in [0.5, 0.6) is 0 Å². The van der Waals surface area contributed by atoms with Gasteiger partial charge in [0.25, 0.3) is 0 Å². The summed E-state index contributed by atoms with van der Waals surface area (Å²) in [7, 11) is 0. The molecule has 1 aliphatic carbocycles. The molecule has 1 saturated heterocycles. The Kier molecular flexibility index (Phi) is 5.76. The summed E-state index contributed by atoms with van der Waals surface area (Å²) in [6.07, 6.45) is 5.55. The van der Waals surface area contributed by atoms with Crippen LogP contribution in [0.2, 0.25) is 0 Å². The summed E-state index contributed by atoms with van der Waals surface area (Å²) in [5.41, 5.74) is 0.486. The Morgan fingerprint density at radius 3 is 2.19 bits per heavy atom. The number of nitrogens with one attached hydrogen (secondary N) is 1. The third-order valence-electron chi connectivity index (χ3n) is 6.07. The molecule has 1 heterocycles. The molecule has 0 spiro atoms. The Morgan fingerprint density at radius 1 is 1.05 bits per heavy atom. The minimum Gasteiger partial charge on any atom is -0.313 e. The van der Waals surface area contributed by atoms with E-state index in [-0.39, 0.29) is 0 Å². The van der Waals surface area contributed by atoms with Gasteiger partial charge in [0, 0.05) is 12.1 Å². The number of hydrogen-bond acceptors (Lipinski definition) is 2. The summed E-state index contributed by atoms with van der Waals surface area (Å²) in [5, 5.41) is 3.79. The van der Waals surface area contributed by atoms with Gasteiger partial charge in [0.1, 0.15) is 0 Å². The largest absolute Gasteiger partial charge is 0.313 e. The number of nitrogens with zero attached hydrogens (tertiary/aromatic N) is 1. The molecule has 0 bridgehead atoms. The van der Waals surface area contributed by atoms with Crippen molar-refractivity contribution >= 4 is 0 Å². The van der Waals surface area contributed by atoms with Crippen LogP contribution in [0.3, 0.4) is 0 Å². The topological polar surface area (TPSA) is 15.3 Å². The van der Waals surface area contributed by atoms with Crippen molar-refractivity contribution < 1.29 is 0 Å². The van der Waals surface area contributed by atoms with Crippen molar-refractivity contribution in [2.24, 2.45) is 23.2 Å². The van der Waals surface area contributed by atoms with Gasteiger partial charge in [-0.1, -0.05) is 41.5 Å². The van der Waals surface area contributed by atoms with E-state index in [0.29, 0.717) is 11.5 Å². The molecule has 2 aliphatic rings. The Hall–Kier alpha value is -0.0800. The highest BCUT2D eigenvalue weighted by molar-refractivity contribution is 4.95. The Balaban J connectivity index is 1.99. The lowest BCUT2D eigenvalue weighted by Gasteiger charge is -2.49. The lowest BCUT2D eigenvalue weighted by molar-refractivity contribution is 0.0195. The SMILES string of the molecule is CCNC1CC(C)CC(C)C1N1CCC(C(C)(C)C)CC1. The van der Waals surface area contributed by atoms with Crippen LogP contribution >= 0.6 is 0 Å². The van der Waals surface area contributed by atoms with E-state index >= 15 is 0 Å². The van der Waals surface area contributed by atoms with Gasteiger partial charge >= 0.3 is 0 Å². The summed E-state index contributed by atoms with van der Waals surface area (Å²) in [6, 6.07) is 1.47. The van der Waals surface area contributed by atoms with Gasteiger partial charge < -0.3 is 5.32 Å². The molecule has 0 radical (unpaired) electrons. The zero-order chi connectivity index (χ0) is 15.6. The van der Waals surface area contributed by atoms with Crippen LogP contribution in [-0.4, -0.2) is 36.6 Å². The molecule has 124 valence electrons. The lowest BCUT2D eigenvalue weighted by atomic mass is 9.72. The monoisotopic (exact) mass is 294 g/mol. The molecule has 2 heteroatoms. The van der Waals surface area contributed by atoms with Crippen molar-refractivity contribution in [1.82, 2.24) is 10.2 Å². The molecule has 1 N–H and O–H groups in total. The molecule has 0 aromatic rings. The quantitative estimate of drug-likeness (QED) is 0.841. The van der Waals surface area contributed by atoms with E-state index in [2.05, 4.69) is 51.8 Å². The molecule has 2 nitrogen and oxygen atoms in total. The number of rotatable bonds is 3. The Morgan fingerprint density at radius 2 is 1.67 bits per heavy atom. The number of piperidine rings is 1. The third kappa shape index (κ3) is 4.22. The van der Waals surface area contributed by atoms with Crippen molar-refractivity contribution in [3.63, 3.8) is 0 Å². The van der Waals surface area contributed by atoms with Crippen molar-refractivity contribution in [3.05, 3.63) is 0 Å². The number of likely N-dealkylation sites (N-methyl/N-ethyl adjacent to an activating group) is 1. The average molecular weight is 295 g/mol. The Labute approximate surface area is 133 Å². The van der Waals surface area contributed by atoms with E-state index in [1.165, 1.54) is 38.8 Å². The molecule has 21 heavy (non-hydrogen) atoms. The summed E-state index contributed by atoms with van der Waals surface area (Å²) >= 11 is 0. The molecule has 0 amide bonds. The van der Waals surface area contributed by atoms with Crippen LogP contribution in [0.25, 0.3) is 0 Å². The van der Waals surface area contributed by atoms with Gasteiger partial charge in [0.05, 0.1) is 0 Å². The molecule has 1 aliphatic heterocycles. The van der Waals surface area contributed by atoms with Crippen LogP contribution < -0.4 is 5.32 Å². The van der Waals surface area contributed by atoms with Gasteiger partial charge in [-0.25, -0.2) is 0 Å². The maximum atomic E-state index is 3.79. The maximum absolute atomic E-state index is 3.79. The molecule has 1 saturated carbocycles. The molecular weight excluding hydrogens is 256 g/mol. The summed E-state index contributed by atoms with van der Waals surface area (Å²) in [6.45, 7) is 18.2. The highest BCUT2D eigenvalue weighted by Crippen LogP contribution is 2.38. The standard InChI is InChI=1S/C19H38N2/c1-7-20-17-13-14(2)12-15(3)18(17)21-10-8-16(9-11-21)19(4,5)6/h14-18,20H,7-13H2,1-6H3. The zero-order valence-electron chi connectivity index (χ0n) is 15.3. The van der Waals surface area contributed by atoms with E-state index in [1.807, 2.05) is 0 Å². The second kappa shape index (κ2) is 7.00. The van der Waals surface area contributed by atoms with Gasteiger partial charge in [0.2, 0.25) is 0 Å². The van der Waals surface area contributed by atoms with E-state index in [1.54, 1.807) is 0 Å². The van der Waals surface area contributed by atoms with Crippen molar-refractivity contribution in [2.45, 2.75) is 79.3 Å². The summed E-state index contributed by atoms with van der Waals surface area (Å²) in [5.74, 6) is 2.63. The van der Waals surface area contributed by atoms with Crippen molar-refractivity contribution in [3.8, 4) is 0 Å². The van der Waals surface area contributed by atoms with E-state index in [0.717, 1.165) is 30.3 Å². The van der Waals surface area contributed by atoms with Crippen molar-refractivity contribution in [2.75, 3.05) is 19.6 Å². The molecular formula is C19H38N2. The molecule has 4 unspecified atom stereocenters. The van der Waals surface area contributed by atoms with Crippen LogP contribution in [-0.2, 0) is 0 Å². The smallest absolute Gasteiger partial charge is 0.0275 e. The molecule has 4 atom stereocenters. The molecule has 2 rings (SSSR count). The van der Waals surface area contributed by atoms with Crippen LogP contribution in [0.4, 0.5) is 0 Å². The van der Waals surface area contributed by atoms with E-state index in [9.17, 15) is 0 Å². The van der Waals surface area contributed by atoms with Gasteiger partial charge in [-0.2, -0.15) is 0 Å². The first-order valence-corrected chi connectivity index (χ1v) is 9.30. The first-order valence-electron chi connectivity index (χ1n) is 9.30. The fourth-order valence-electron chi connectivity index (χ4n) is 4.98. The van der Waals surface area contributed by atoms with E-state index in [4.69, 9.17) is 0 Å². The fraction of sp³-hybridized carbons (Fsp3) is 1.00. The van der Waals surface area contributed by atoms with Crippen LogP contribution in [0.1, 0.15) is 67.2 Å². The normalized spacial score (nSPS) is 36.9. The zero-order valence-corrected chi connectivity index (χ0v) is 15.3. The van der Waals surface area contributed by atoms with Crippen LogP contribution in [0, 0.1) is 23.2 Å². The second-order valence-corrected chi connectivity index (χ2v) is 8.88. The van der Waals surface area contributed by atoms with E-state index < -0.39 is 0 Å². The molecule has 0 aromatic heterocycles. The first-order chi connectivity index (χ1) is 9.82. The predicted octanol–water partition coefficient (Wildman–Crippen LogP) is 4.16. The molecule has 0 aromatic carbocycles. The highest BCUT2D eigenvalue weighted by Gasteiger charge is 2.39. The first kappa shape index (κ1) is 17.3. The van der Waals surface area contributed by atoms with Gasteiger partial charge in [-0.05, 0) is 68.5 Å². The third-order valence-corrected chi connectivity index (χ3v) is 6.07. The predicted molar refractivity (Wildman–Crippen MR) is 92.6 cm³/mol. The maximum Gasteiger partial charge on any atom is 0.0275 e. The van der Waals surface area contributed by atoms with Crippen LogP contribution in [0.15, 0.2) is 0 Å². The minimum absolute atomic E-state index is 0.486. The summed E-state index contributed by atoms with van der Waals surface area (Å²) < 4.78 is 0. The van der Waals surface area contributed by atoms with Gasteiger partial charge in [-0.3, -0.25) is 4.90 Å². The lowest BCUT2D eigenvalue weighted by Crippen LogP contribution is -2.58. The number of likely N-dealkylation sites (tertiary alicyclic amines) is 1. The Bertz CT molecular complexity index is 312. The average Bonchev–Trinajstić information content (AvgIpc) is 2.37. The summed E-state index contributed by atoms with van der Waals surface area (Å²) in [4.78, 5) is 2.83. The second-order valence-electron chi connectivity index (χ2n) is 8.88. The number of hydrogen-bond donors (Lipinski definition) is 1. The van der Waals surface area contributed by atoms with Gasteiger partial charge in [-0.15, -0.1) is 0 Å². The minimum atomic E-state index is 0.486. The molecule has 2 fully saturated rings.